The Morgan fingerprint density at radius 1 is 1.17 bits per heavy atom. The molecule has 18 heavy (non-hydrogen) atoms. The van der Waals surface area contributed by atoms with E-state index in [1.807, 2.05) is 24.3 Å². The average molecular weight is 250 g/mol. The highest BCUT2D eigenvalue weighted by Crippen LogP contribution is 2.19. The fourth-order valence-corrected chi connectivity index (χ4v) is 2.27. The lowest BCUT2D eigenvalue weighted by Crippen LogP contribution is -2.51. The van der Waals surface area contributed by atoms with Gasteiger partial charge in [0.15, 0.2) is 0 Å². The molecule has 1 amide bonds. The van der Waals surface area contributed by atoms with Gasteiger partial charge in [0, 0.05) is 25.2 Å². The second-order valence-corrected chi connectivity index (χ2v) is 4.24. The molecule has 0 aliphatic carbocycles. The monoisotopic (exact) mass is 250 g/mol. The summed E-state index contributed by atoms with van der Waals surface area (Å²) in [4.78, 5) is 12.3. The summed E-state index contributed by atoms with van der Waals surface area (Å²) in [5, 5.41) is 21.4. The van der Waals surface area contributed by atoms with Crippen LogP contribution in [0.25, 0.3) is 0 Å². The number of carbonyl (C=O) groups excluding carboxylic acids is 1. The molecule has 1 aliphatic rings. The molecule has 0 aromatic heterocycles. The largest absolute Gasteiger partial charge is 0.395 e. The fraction of sp³-hybridized carbons (Fsp3) is 0.462. The highest BCUT2D eigenvalue weighted by Gasteiger charge is 2.27. The van der Waals surface area contributed by atoms with E-state index in [1.165, 1.54) is 0 Å². The number of aliphatic hydroxyl groups is 2. The van der Waals surface area contributed by atoms with Gasteiger partial charge in [-0.3, -0.25) is 9.80 Å². The smallest absolute Gasteiger partial charge is 0.268 e. The molecule has 1 heterocycles. The number of fused-ring (bicyclic) bond motifs is 1. The number of hydrogen-bond acceptors (Lipinski definition) is 4. The van der Waals surface area contributed by atoms with E-state index in [9.17, 15) is 4.79 Å². The molecule has 0 saturated heterocycles. The van der Waals surface area contributed by atoms with E-state index in [-0.39, 0.29) is 19.1 Å². The Hall–Kier alpha value is -1.43. The Balaban J connectivity index is 2.19. The lowest BCUT2D eigenvalue weighted by atomic mass is 10.0. The van der Waals surface area contributed by atoms with Gasteiger partial charge in [0.2, 0.25) is 0 Å². The zero-order chi connectivity index (χ0) is 13.0. The SMILES string of the molecule is O=C1c2ccccc2CCN1N(CCO)CCO. The van der Waals surface area contributed by atoms with Crippen molar-refractivity contribution in [1.29, 1.82) is 0 Å². The quantitative estimate of drug-likeness (QED) is 0.765. The number of benzene rings is 1. The molecule has 5 heteroatoms. The van der Waals surface area contributed by atoms with Crippen molar-refractivity contribution in [1.82, 2.24) is 10.0 Å². The van der Waals surface area contributed by atoms with E-state index in [4.69, 9.17) is 10.2 Å². The van der Waals surface area contributed by atoms with Crippen LogP contribution in [-0.4, -0.2) is 59.0 Å². The summed E-state index contributed by atoms with van der Waals surface area (Å²) in [5.41, 5.74) is 1.77. The van der Waals surface area contributed by atoms with Crippen LogP contribution in [0.15, 0.2) is 24.3 Å². The van der Waals surface area contributed by atoms with Gasteiger partial charge in [-0.15, -0.1) is 0 Å². The maximum Gasteiger partial charge on any atom is 0.268 e. The zero-order valence-electron chi connectivity index (χ0n) is 10.2. The van der Waals surface area contributed by atoms with Gasteiger partial charge in [-0.2, -0.15) is 0 Å². The first kappa shape index (κ1) is 13.0. The van der Waals surface area contributed by atoms with E-state index in [0.29, 0.717) is 25.2 Å². The zero-order valence-corrected chi connectivity index (χ0v) is 10.2. The molecule has 5 nitrogen and oxygen atoms in total. The van der Waals surface area contributed by atoms with E-state index in [2.05, 4.69) is 0 Å². The first-order valence-electron chi connectivity index (χ1n) is 6.14. The van der Waals surface area contributed by atoms with Crippen LogP contribution in [0.1, 0.15) is 15.9 Å². The lowest BCUT2D eigenvalue weighted by Gasteiger charge is -2.37. The van der Waals surface area contributed by atoms with Crippen molar-refractivity contribution in [3.8, 4) is 0 Å². The Bertz CT molecular complexity index is 416. The molecular formula is C13H18N2O3. The third-order valence-corrected chi connectivity index (χ3v) is 3.13. The van der Waals surface area contributed by atoms with Crippen LogP contribution in [0.2, 0.25) is 0 Å². The summed E-state index contributed by atoms with van der Waals surface area (Å²) in [7, 11) is 0. The van der Waals surface area contributed by atoms with E-state index in [1.54, 1.807) is 10.0 Å². The molecule has 0 saturated carbocycles. The summed E-state index contributed by atoms with van der Waals surface area (Å²) in [6.45, 7) is 1.23. The second-order valence-electron chi connectivity index (χ2n) is 4.24. The Morgan fingerprint density at radius 2 is 1.83 bits per heavy atom. The lowest BCUT2D eigenvalue weighted by molar-refractivity contribution is -0.0283. The van der Waals surface area contributed by atoms with Crippen molar-refractivity contribution in [3.63, 3.8) is 0 Å². The van der Waals surface area contributed by atoms with Gasteiger partial charge in [0.05, 0.1) is 13.2 Å². The number of carbonyl (C=O) groups is 1. The molecule has 0 bridgehead atoms. The molecule has 98 valence electrons. The average Bonchev–Trinajstić information content (AvgIpc) is 2.39. The highest BCUT2D eigenvalue weighted by molar-refractivity contribution is 5.96. The number of hydrazine groups is 1. The van der Waals surface area contributed by atoms with Crippen LogP contribution in [0, 0.1) is 0 Å². The minimum absolute atomic E-state index is 0.0363. The molecule has 2 rings (SSSR count). The molecular weight excluding hydrogens is 232 g/mol. The summed E-state index contributed by atoms with van der Waals surface area (Å²) < 4.78 is 0. The standard InChI is InChI=1S/C13H18N2O3/c16-9-7-14(8-10-17)15-6-5-11-3-1-2-4-12(11)13(15)18/h1-4,16-17H,5-10H2. The molecule has 2 N–H and O–H groups in total. The normalized spacial score (nSPS) is 15.1. The van der Waals surface area contributed by atoms with Crippen LogP contribution in [0.4, 0.5) is 0 Å². The topological polar surface area (TPSA) is 64.0 Å². The number of amides is 1. The van der Waals surface area contributed by atoms with Crippen molar-refractivity contribution in [3.05, 3.63) is 35.4 Å². The number of hydrogen-bond donors (Lipinski definition) is 2. The molecule has 0 unspecified atom stereocenters. The summed E-state index contributed by atoms with van der Waals surface area (Å²) in [5.74, 6) is -0.0567. The summed E-state index contributed by atoms with van der Waals surface area (Å²) >= 11 is 0. The molecule has 1 aromatic carbocycles. The van der Waals surface area contributed by atoms with Gasteiger partial charge in [-0.25, -0.2) is 5.01 Å². The second kappa shape index (κ2) is 5.95. The number of aliphatic hydroxyl groups excluding tert-OH is 2. The molecule has 0 radical (unpaired) electrons. The van der Waals surface area contributed by atoms with Gasteiger partial charge < -0.3 is 10.2 Å². The first-order valence-corrected chi connectivity index (χ1v) is 6.14. The van der Waals surface area contributed by atoms with Crippen molar-refractivity contribution in [2.45, 2.75) is 6.42 Å². The summed E-state index contributed by atoms with van der Waals surface area (Å²) in [6, 6.07) is 7.57. The maximum atomic E-state index is 12.3. The highest BCUT2D eigenvalue weighted by atomic mass is 16.3. The predicted octanol–water partition coefficient (Wildman–Crippen LogP) is -0.114. The van der Waals surface area contributed by atoms with Gasteiger partial charge in [-0.1, -0.05) is 18.2 Å². The molecule has 1 aliphatic heterocycles. The van der Waals surface area contributed by atoms with Crippen LogP contribution in [0.5, 0.6) is 0 Å². The Labute approximate surface area is 106 Å². The molecule has 0 spiro atoms. The van der Waals surface area contributed by atoms with Gasteiger partial charge in [-0.05, 0) is 18.1 Å². The third kappa shape index (κ3) is 2.53. The van der Waals surface area contributed by atoms with Crippen molar-refractivity contribution >= 4 is 5.91 Å². The fourth-order valence-electron chi connectivity index (χ4n) is 2.27. The molecule has 0 atom stereocenters. The van der Waals surface area contributed by atoms with Crippen molar-refractivity contribution in [2.75, 3.05) is 32.8 Å². The Morgan fingerprint density at radius 3 is 2.50 bits per heavy atom. The number of rotatable bonds is 5. The van der Waals surface area contributed by atoms with E-state index >= 15 is 0 Å². The Kier molecular flexibility index (Phi) is 4.30. The van der Waals surface area contributed by atoms with Crippen molar-refractivity contribution in [2.24, 2.45) is 0 Å². The van der Waals surface area contributed by atoms with Gasteiger partial charge in [0.1, 0.15) is 0 Å². The van der Waals surface area contributed by atoms with Crippen LogP contribution in [-0.2, 0) is 6.42 Å². The number of nitrogens with zero attached hydrogens (tertiary/aromatic N) is 2. The first-order chi connectivity index (χ1) is 8.77. The van der Waals surface area contributed by atoms with E-state index < -0.39 is 0 Å². The van der Waals surface area contributed by atoms with Crippen LogP contribution in [0.3, 0.4) is 0 Å². The maximum absolute atomic E-state index is 12.3. The van der Waals surface area contributed by atoms with Crippen molar-refractivity contribution < 1.29 is 15.0 Å². The van der Waals surface area contributed by atoms with Crippen LogP contribution >= 0.6 is 0 Å². The molecule has 0 fully saturated rings. The predicted molar refractivity (Wildman–Crippen MR) is 66.9 cm³/mol. The van der Waals surface area contributed by atoms with E-state index in [0.717, 1.165) is 12.0 Å². The van der Waals surface area contributed by atoms with Crippen LogP contribution < -0.4 is 0 Å². The van der Waals surface area contributed by atoms with Gasteiger partial charge >= 0.3 is 0 Å². The van der Waals surface area contributed by atoms with Gasteiger partial charge in [0.25, 0.3) is 5.91 Å². The summed E-state index contributed by atoms with van der Waals surface area (Å²) in [6.07, 6.45) is 0.801. The molecule has 1 aromatic rings. The third-order valence-electron chi connectivity index (χ3n) is 3.13. The minimum Gasteiger partial charge on any atom is -0.395 e. The minimum atomic E-state index is -0.0567.